The molecule has 3 nitrogen and oxygen atoms in total. The molecule has 0 saturated heterocycles. The van der Waals surface area contributed by atoms with Gasteiger partial charge in [0.1, 0.15) is 5.01 Å². The first-order valence-electron chi connectivity index (χ1n) is 5.72. The molecule has 0 spiro atoms. The number of hydrogen-bond acceptors (Lipinski definition) is 4. The van der Waals surface area contributed by atoms with Crippen LogP contribution in [0.15, 0.2) is 36.5 Å². The molecule has 0 aliphatic rings. The molecule has 0 aliphatic heterocycles. The zero-order valence-electron chi connectivity index (χ0n) is 9.60. The molecule has 0 amide bonds. The highest BCUT2D eigenvalue weighted by molar-refractivity contribution is 7.15. The molecule has 2 rings (SSSR count). The molecule has 0 aliphatic carbocycles. The number of hydrogen-bond donors (Lipinski definition) is 2. The second-order valence-corrected chi connectivity index (χ2v) is 4.85. The van der Waals surface area contributed by atoms with Gasteiger partial charge in [-0.2, -0.15) is 0 Å². The summed E-state index contributed by atoms with van der Waals surface area (Å²) in [5, 5.41) is 13.0. The van der Waals surface area contributed by atoms with Crippen LogP contribution in [-0.2, 0) is 6.54 Å². The topological polar surface area (TPSA) is 45.1 Å². The highest BCUT2D eigenvalue weighted by Crippen LogP contribution is 2.25. The second-order valence-electron chi connectivity index (χ2n) is 3.74. The largest absolute Gasteiger partial charge is 0.396 e. The van der Waals surface area contributed by atoms with Crippen LogP contribution in [0.3, 0.4) is 0 Å². The number of nitrogens with one attached hydrogen (secondary N) is 1. The Bertz CT molecular complexity index is 442. The van der Waals surface area contributed by atoms with Crippen molar-refractivity contribution in [3.8, 4) is 10.4 Å². The molecule has 2 N–H and O–H groups in total. The third-order valence-electron chi connectivity index (χ3n) is 2.40. The summed E-state index contributed by atoms with van der Waals surface area (Å²) < 4.78 is 0. The minimum absolute atomic E-state index is 0.236. The standard InChI is InChI=1S/C13H16N2OS/c16-8-4-7-14-10-13-15-9-12(17-13)11-5-2-1-3-6-11/h1-3,5-6,9,14,16H,4,7-8,10H2. The van der Waals surface area contributed by atoms with Crippen LogP contribution in [0.5, 0.6) is 0 Å². The zero-order chi connectivity index (χ0) is 11.9. The lowest BCUT2D eigenvalue weighted by atomic mass is 10.2. The normalized spacial score (nSPS) is 10.6. The average Bonchev–Trinajstić information content (AvgIpc) is 2.85. The van der Waals surface area contributed by atoms with Crippen LogP contribution in [0.25, 0.3) is 10.4 Å². The van der Waals surface area contributed by atoms with Gasteiger partial charge in [0.15, 0.2) is 0 Å². The van der Waals surface area contributed by atoms with E-state index in [2.05, 4.69) is 22.4 Å². The lowest BCUT2D eigenvalue weighted by molar-refractivity contribution is 0.286. The van der Waals surface area contributed by atoms with Gasteiger partial charge in [0.25, 0.3) is 0 Å². The molecule has 0 saturated carbocycles. The van der Waals surface area contributed by atoms with Crippen LogP contribution >= 0.6 is 11.3 Å². The summed E-state index contributed by atoms with van der Waals surface area (Å²) in [4.78, 5) is 5.58. The Labute approximate surface area is 105 Å². The first-order chi connectivity index (χ1) is 8.40. The van der Waals surface area contributed by atoms with Crippen molar-refractivity contribution in [2.45, 2.75) is 13.0 Å². The Morgan fingerprint density at radius 2 is 2.06 bits per heavy atom. The lowest BCUT2D eigenvalue weighted by Gasteiger charge is -1.99. The maximum absolute atomic E-state index is 8.66. The fourth-order valence-electron chi connectivity index (χ4n) is 1.53. The highest BCUT2D eigenvalue weighted by atomic mass is 32.1. The Hall–Kier alpha value is -1.23. The van der Waals surface area contributed by atoms with Crippen molar-refractivity contribution in [3.05, 3.63) is 41.5 Å². The van der Waals surface area contributed by atoms with Crippen LogP contribution in [0, 0.1) is 0 Å². The summed E-state index contributed by atoms with van der Waals surface area (Å²) >= 11 is 1.71. The van der Waals surface area contributed by atoms with E-state index < -0.39 is 0 Å². The zero-order valence-corrected chi connectivity index (χ0v) is 10.4. The molecule has 0 atom stereocenters. The van der Waals surface area contributed by atoms with Gasteiger partial charge in [-0.3, -0.25) is 0 Å². The Morgan fingerprint density at radius 1 is 1.24 bits per heavy atom. The summed E-state index contributed by atoms with van der Waals surface area (Å²) in [6, 6.07) is 10.3. The summed E-state index contributed by atoms with van der Waals surface area (Å²) in [5.74, 6) is 0. The summed E-state index contributed by atoms with van der Waals surface area (Å²) in [5.41, 5.74) is 1.21. The molecule has 0 unspecified atom stereocenters. The van der Waals surface area contributed by atoms with Gasteiger partial charge in [-0.05, 0) is 18.5 Å². The summed E-state index contributed by atoms with van der Waals surface area (Å²) in [6.45, 7) is 1.84. The molecular weight excluding hydrogens is 232 g/mol. The number of aromatic nitrogens is 1. The number of nitrogens with zero attached hydrogens (tertiary/aromatic N) is 1. The lowest BCUT2D eigenvalue weighted by Crippen LogP contribution is -2.15. The van der Waals surface area contributed by atoms with Crippen molar-refractivity contribution in [1.82, 2.24) is 10.3 Å². The molecule has 1 heterocycles. The van der Waals surface area contributed by atoms with Crippen molar-refractivity contribution >= 4 is 11.3 Å². The molecule has 2 aromatic rings. The third kappa shape index (κ3) is 3.63. The van der Waals surface area contributed by atoms with E-state index in [1.54, 1.807) is 11.3 Å². The molecule has 1 aromatic heterocycles. The van der Waals surface area contributed by atoms with Crippen molar-refractivity contribution < 1.29 is 5.11 Å². The van der Waals surface area contributed by atoms with Gasteiger partial charge in [0.05, 0.1) is 4.88 Å². The second kappa shape index (κ2) is 6.49. The van der Waals surface area contributed by atoms with Gasteiger partial charge in [0.2, 0.25) is 0 Å². The third-order valence-corrected chi connectivity index (χ3v) is 3.45. The molecular formula is C13H16N2OS. The van der Waals surface area contributed by atoms with E-state index in [1.807, 2.05) is 24.4 Å². The molecule has 0 radical (unpaired) electrons. The molecule has 0 bridgehead atoms. The smallest absolute Gasteiger partial charge is 0.107 e. The number of thiazole rings is 1. The van der Waals surface area contributed by atoms with Gasteiger partial charge in [-0.15, -0.1) is 11.3 Å². The molecule has 17 heavy (non-hydrogen) atoms. The minimum atomic E-state index is 0.236. The first-order valence-corrected chi connectivity index (χ1v) is 6.53. The van der Waals surface area contributed by atoms with Crippen LogP contribution in [0.4, 0.5) is 0 Å². The van der Waals surface area contributed by atoms with Crippen molar-refractivity contribution in [2.75, 3.05) is 13.2 Å². The van der Waals surface area contributed by atoms with E-state index in [4.69, 9.17) is 5.11 Å². The summed E-state index contributed by atoms with van der Waals surface area (Å²) in [6.07, 6.45) is 2.71. The van der Waals surface area contributed by atoms with Crippen LogP contribution in [-0.4, -0.2) is 23.2 Å². The predicted molar refractivity (Wildman–Crippen MR) is 71.0 cm³/mol. The Balaban J connectivity index is 1.92. The van der Waals surface area contributed by atoms with E-state index >= 15 is 0 Å². The number of benzene rings is 1. The van der Waals surface area contributed by atoms with Crippen LogP contribution < -0.4 is 5.32 Å². The Morgan fingerprint density at radius 3 is 2.82 bits per heavy atom. The fraction of sp³-hybridized carbons (Fsp3) is 0.308. The quantitative estimate of drug-likeness (QED) is 0.771. The van der Waals surface area contributed by atoms with Crippen LogP contribution in [0.1, 0.15) is 11.4 Å². The van der Waals surface area contributed by atoms with Gasteiger partial charge in [-0.25, -0.2) is 4.98 Å². The number of rotatable bonds is 6. The van der Waals surface area contributed by atoms with Crippen LogP contribution in [0.2, 0.25) is 0 Å². The SMILES string of the molecule is OCCCNCc1ncc(-c2ccccc2)s1. The van der Waals surface area contributed by atoms with E-state index in [0.29, 0.717) is 0 Å². The van der Waals surface area contributed by atoms with E-state index in [-0.39, 0.29) is 6.61 Å². The maximum atomic E-state index is 8.66. The monoisotopic (exact) mass is 248 g/mol. The molecule has 0 fully saturated rings. The first kappa shape index (κ1) is 12.2. The highest BCUT2D eigenvalue weighted by Gasteiger charge is 2.03. The van der Waals surface area contributed by atoms with Crippen molar-refractivity contribution in [3.63, 3.8) is 0 Å². The van der Waals surface area contributed by atoms with Gasteiger partial charge < -0.3 is 10.4 Å². The molecule has 4 heteroatoms. The minimum Gasteiger partial charge on any atom is -0.396 e. The van der Waals surface area contributed by atoms with Crippen molar-refractivity contribution in [2.24, 2.45) is 0 Å². The molecule has 1 aromatic carbocycles. The fourth-order valence-corrected chi connectivity index (χ4v) is 2.42. The van der Waals surface area contributed by atoms with Gasteiger partial charge in [-0.1, -0.05) is 30.3 Å². The van der Waals surface area contributed by atoms with Gasteiger partial charge in [0, 0.05) is 19.3 Å². The summed E-state index contributed by atoms with van der Waals surface area (Å²) in [7, 11) is 0. The van der Waals surface area contributed by atoms with Gasteiger partial charge >= 0.3 is 0 Å². The number of aliphatic hydroxyl groups is 1. The Kier molecular flexibility index (Phi) is 4.67. The number of aliphatic hydroxyl groups excluding tert-OH is 1. The predicted octanol–water partition coefficient (Wildman–Crippen LogP) is 2.28. The van der Waals surface area contributed by atoms with E-state index in [1.165, 1.54) is 10.4 Å². The average molecular weight is 248 g/mol. The molecule has 90 valence electrons. The van der Waals surface area contributed by atoms with E-state index in [0.717, 1.165) is 24.5 Å². The maximum Gasteiger partial charge on any atom is 0.107 e. The van der Waals surface area contributed by atoms with Crippen molar-refractivity contribution in [1.29, 1.82) is 0 Å². The van der Waals surface area contributed by atoms with E-state index in [9.17, 15) is 0 Å².